The average Bonchev–Trinajstić information content (AvgIpc) is 2.56. The summed E-state index contributed by atoms with van der Waals surface area (Å²) < 4.78 is 23.3. The van der Waals surface area contributed by atoms with Crippen molar-refractivity contribution < 1.29 is 18.7 Å². The van der Waals surface area contributed by atoms with Crippen molar-refractivity contribution in [2.75, 3.05) is 6.61 Å². The Labute approximate surface area is 135 Å². The van der Waals surface area contributed by atoms with Crippen LogP contribution in [0.4, 0.5) is 4.39 Å². The van der Waals surface area contributed by atoms with Crippen LogP contribution in [0.25, 0.3) is 0 Å². The summed E-state index contributed by atoms with van der Waals surface area (Å²) in [6, 6.07) is 12.9. The quantitative estimate of drug-likeness (QED) is 0.798. The third-order valence-corrected chi connectivity index (χ3v) is 3.29. The normalized spacial score (nSPS) is 11.8. The highest BCUT2D eigenvalue weighted by atomic mass is 19.1. The molecule has 0 spiro atoms. The molecule has 2 N–H and O–H groups in total. The van der Waals surface area contributed by atoms with Gasteiger partial charge in [0.25, 0.3) is 0 Å². The van der Waals surface area contributed by atoms with Crippen LogP contribution in [0, 0.1) is 5.82 Å². The molecular formula is C18H20FNO3. The Morgan fingerprint density at radius 1 is 1.09 bits per heavy atom. The zero-order chi connectivity index (χ0) is 16.7. The van der Waals surface area contributed by atoms with Crippen molar-refractivity contribution >= 4 is 5.97 Å². The van der Waals surface area contributed by atoms with Gasteiger partial charge in [-0.1, -0.05) is 24.3 Å². The summed E-state index contributed by atoms with van der Waals surface area (Å²) in [7, 11) is 0. The van der Waals surface area contributed by atoms with Crippen LogP contribution in [-0.4, -0.2) is 18.6 Å². The molecule has 0 aliphatic heterocycles. The van der Waals surface area contributed by atoms with Crippen LogP contribution in [0.15, 0.2) is 48.5 Å². The Morgan fingerprint density at radius 3 is 2.30 bits per heavy atom. The maximum absolute atomic E-state index is 12.8. The highest BCUT2D eigenvalue weighted by Crippen LogP contribution is 2.15. The number of halogens is 1. The molecule has 1 atom stereocenters. The summed E-state index contributed by atoms with van der Waals surface area (Å²) in [4.78, 5) is 11.5. The number of hydrogen-bond donors (Lipinski definition) is 1. The smallest absolute Gasteiger partial charge is 0.323 e. The van der Waals surface area contributed by atoms with Crippen LogP contribution >= 0.6 is 0 Å². The van der Waals surface area contributed by atoms with Crippen LogP contribution in [0.2, 0.25) is 0 Å². The number of hydrogen-bond acceptors (Lipinski definition) is 4. The van der Waals surface area contributed by atoms with Crippen molar-refractivity contribution in [3.05, 3.63) is 65.5 Å². The zero-order valence-electron chi connectivity index (χ0n) is 13.0. The van der Waals surface area contributed by atoms with Gasteiger partial charge < -0.3 is 15.2 Å². The van der Waals surface area contributed by atoms with E-state index in [4.69, 9.17) is 15.2 Å². The SMILES string of the molecule is CCOC(=O)C(N)Cc1ccc(OCc2ccc(F)cc2)cc1. The van der Waals surface area contributed by atoms with Gasteiger partial charge in [0.05, 0.1) is 6.61 Å². The molecule has 23 heavy (non-hydrogen) atoms. The van der Waals surface area contributed by atoms with Gasteiger partial charge in [0.15, 0.2) is 0 Å². The maximum Gasteiger partial charge on any atom is 0.323 e. The summed E-state index contributed by atoms with van der Waals surface area (Å²) in [5, 5.41) is 0. The van der Waals surface area contributed by atoms with Gasteiger partial charge in [0.2, 0.25) is 0 Å². The minimum atomic E-state index is -0.666. The van der Waals surface area contributed by atoms with E-state index in [1.165, 1.54) is 12.1 Å². The Morgan fingerprint density at radius 2 is 1.70 bits per heavy atom. The predicted molar refractivity (Wildman–Crippen MR) is 85.5 cm³/mol. The molecule has 2 aromatic rings. The maximum atomic E-state index is 12.8. The van der Waals surface area contributed by atoms with E-state index in [9.17, 15) is 9.18 Å². The second kappa shape index (κ2) is 8.29. The fourth-order valence-corrected chi connectivity index (χ4v) is 2.06. The molecule has 0 amide bonds. The first kappa shape index (κ1) is 17.0. The van der Waals surface area contributed by atoms with Crippen LogP contribution in [0.1, 0.15) is 18.1 Å². The summed E-state index contributed by atoms with van der Waals surface area (Å²) in [5.74, 6) is 0.0305. The van der Waals surface area contributed by atoms with Crippen molar-refractivity contribution in [2.45, 2.75) is 26.0 Å². The number of nitrogens with two attached hydrogens (primary N) is 1. The molecule has 122 valence electrons. The Hall–Kier alpha value is -2.40. The van der Waals surface area contributed by atoms with Gasteiger partial charge in [-0.3, -0.25) is 4.79 Å². The summed E-state index contributed by atoms with van der Waals surface area (Å²) in [5.41, 5.74) is 7.60. The molecule has 0 aliphatic carbocycles. The first-order valence-electron chi connectivity index (χ1n) is 7.47. The van der Waals surface area contributed by atoms with E-state index in [0.717, 1.165) is 11.1 Å². The van der Waals surface area contributed by atoms with Crippen molar-refractivity contribution in [1.82, 2.24) is 0 Å². The molecule has 0 aliphatic rings. The highest BCUT2D eigenvalue weighted by Gasteiger charge is 2.14. The van der Waals surface area contributed by atoms with Crippen molar-refractivity contribution in [1.29, 1.82) is 0 Å². The van der Waals surface area contributed by atoms with Crippen molar-refractivity contribution in [3.63, 3.8) is 0 Å². The number of carbonyl (C=O) groups excluding carboxylic acids is 1. The molecule has 2 aromatic carbocycles. The molecule has 0 aromatic heterocycles. The number of ether oxygens (including phenoxy) is 2. The number of esters is 1. The molecule has 1 unspecified atom stereocenters. The highest BCUT2D eigenvalue weighted by molar-refractivity contribution is 5.75. The topological polar surface area (TPSA) is 61.5 Å². The van der Waals surface area contributed by atoms with Gasteiger partial charge in [-0.15, -0.1) is 0 Å². The number of benzene rings is 2. The average molecular weight is 317 g/mol. The fourth-order valence-electron chi connectivity index (χ4n) is 2.06. The molecule has 0 saturated carbocycles. The minimum Gasteiger partial charge on any atom is -0.489 e. The monoisotopic (exact) mass is 317 g/mol. The molecule has 0 heterocycles. The molecule has 0 fully saturated rings. The Balaban J connectivity index is 1.86. The van der Waals surface area contributed by atoms with E-state index in [-0.39, 0.29) is 5.82 Å². The molecule has 5 heteroatoms. The molecular weight excluding hydrogens is 297 g/mol. The lowest BCUT2D eigenvalue weighted by Crippen LogP contribution is -2.34. The van der Waals surface area contributed by atoms with Crippen LogP contribution in [-0.2, 0) is 22.6 Å². The van der Waals surface area contributed by atoms with Gasteiger partial charge in [-0.2, -0.15) is 0 Å². The first-order chi connectivity index (χ1) is 11.1. The van der Waals surface area contributed by atoms with E-state index in [0.29, 0.717) is 25.4 Å². The standard InChI is InChI=1S/C18H20FNO3/c1-2-22-18(21)17(20)11-13-5-9-16(10-6-13)23-12-14-3-7-15(19)8-4-14/h3-10,17H,2,11-12,20H2,1H3. The Bertz CT molecular complexity index is 626. The minimum absolute atomic E-state index is 0.268. The van der Waals surface area contributed by atoms with Gasteiger partial charge >= 0.3 is 5.97 Å². The largest absolute Gasteiger partial charge is 0.489 e. The molecule has 4 nitrogen and oxygen atoms in total. The van der Waals surface area contributed by atoms with Gasteiger partial charge in [-0.05, 0) is 48.7 Å². The lowest BCUT2D eigenvalue weighted by Gasteiger charge is -2.11. The fraction of sp³-hybridized carbons (Fsp3) is 0.278. The lowest BCUT2D eigenvalue weighted by atomic mass is 10.1. The second-order valence-corrected chi connectivity index (χ2v) is 5.12. The second-order valence-electron chi connectivity index (χ2n) is 5.12. The van der Waals surface area contributed by atoms with E-state index in [2.05, 4.69) is 0 Å². The third-order valence-electron chi connectivity index (χ3n) is 3.29. The molecule has 0 bridgehead atoms. The van der Waals surface area contributed by atoms with E-state index in [1.54, 1.807) is 19.1 Å². The van der Waals surface area contributed by atoms with Gasteiger partial charge in [-0.25, -0.2) is 4.39 Å². The van der Waals surface area contributed by atoms with Gasteiger partial charge in [0, 0.05) is 0 Å². The van der Waals surface area contributed by atoms with Crippen LogP contribution in [0.5, 0.6) is 5.75 Å². The predicted octanol–water partition coefficient (Wildman–Crippen LogP) is 2.84. The summed E-state index contributed by atoms with van der Waals surface area (Å²) in [6.07, 6.45) is 0.414. The molecule has 2 rings (SSSR count). The Kier molecular flexibility index (Phi) is 6.11. The van der Waals surface area contributed by atoms with Crippen molar-refractivity contribution in [3.8, 4) is 5.75 Å². The first-order valence-corrected chi connectivity index (χ1v) is 7.47. The van der Waals surface area contributed by atoms with Crippen LogP contribution in [0.3, 0.4) is 0 Å². The number of carbonyl (C=O) groups is 1. The van der Waals surface area contributed by atoms with Crippen LogP contribution < -0.4 is 10.5 Å². The summed E-state index contributed by atoms with van der Waals surface area (Å²) in [6.45, 7) is 2.43. The number of rotatable bonds is 7. The summed E-state index contributed by atoms with van der Waals surface area (Å²) >= 11 is 0. The van der Waals surface area contributed by atoms with Crippen molar-refractivity contribution in [2.24, 2.45) is 5.73 Å². The van der Waals surface area contributed by atoms with E-state index < -0.39 is 12.0 Å². The van der Waals surface area contributed by atoms with Gasteiger partial charge in [0.1, 0.15) is 24.2 Å². The molecule has 0 radical (unpaired) electrons. The third kappa shape index (κ3) is 5.38. The lowest BCUT2D eigenvalue weighted by molar-refractivity contribution is -0.144. The molecule has 0 saturated heterocycles. The zero-order valence-corrected chi connectivity index (χ0v) is 13.0. The van der Waals surface area contributed by atoms with E-state index in [1.807, 2.05) is 24.3 Å². The van der Waals surface area contributed by atoms with E-state index >= 15 is 0 Å².